The van der Waals surface area contributed by atoms with Gasteiger partial charge in [-0.3, -0.25) is 5.43 Å². The fraction of sp³-hybridized carbons (Fsp3) is 0.200. The first kappa shape index (κ1) is 20.1. The van der Waals surface area contributed by atoms with E-state index >= 15 is 0 Å². The lowest BCUT2D eigenvalue weighted by Crippen LogP contribution is -2.18. The maximum Gasteiger partial charge on any atom is 0.417 e. The van der Waals surface area contributed by atoms with Crippen LogP contribution in [0, 0.1) is 0 Å². The van der Waals surface area contributed by atoms with Gasteiger partial charge in [0.15, 0.2) is 5.82 Å². The number of aromatic nitrogens is 1. The molecule has 0 aliphatic rings. The van der Waals surface area contributed by atoms with E-state index in [1.54, 1.807) is 19.1 Å². The van der Waals surface area contributed by atoms with Crippen LogP contribution >= 0.6 is 11.6 Å². The van der Waals surface area contributed by atoms with Crippen molar-refractivity contribution in [3.63, 3.8) is 0 Å². The molecule has 140 valence electrons. The Morgan fingerprint density at radius 1 is 1.23 bits per heavy atom. The van der Waals surface area contributed by atoms with Gasteiger partial charge in [-0.15, -0.1) is 0 Å². The number of anilines is 1. The summed E-state index contributed by atoms with van der Waals surface area (Å²) >= 11 is 5.78. The number of hydrogen-bond donors (Lipinski definition) is 2. The fourth-order valence-electron chi connectivity index (χ4n) is 1.87. The number of pyridine rings is 1. The minimum Gasteiger partial charge on any atom is -0.260 e. The molecular formula is C15H14ClF3N4O2S. The molecule has 0 radical (unpaired) electrons. The second-order valence-electron chi connectivity index (χ2n) is 5.09. The minimum absolute atomic E-state index is 0.0339. The Balaban J connectivity index is 2.18. The first-order valence-electron chi connectivity index (χ1n) is 7.11. The third kappa shape index (κ3) is 4.71. The SMILES string of the molecule is CNS(=O)(=O)c1ccc(/C(C)=N\Nc2ncc(C(F)(F)F)cc2Cl)cc1. The maximum absolute atomic E-state index is 12.6. The molecule has 0 saturated heterocycles. The van der Waals surface area contributed by atoms with E-state index in [2.05, 4.69) is 20.2 Å². The molecule has 0 unspecified atom stereocenters. The molecular weight excluding hydrogens is 393 g/mol. The van der Waals surface area contributed by atoms with Gasteiger partial charge in [0.05, 0.1) is 21.2 Å². The van der Waals surface area contributed by atoms with Crippen molar-refractivity contribution in [1.29, 1.82) is 0 Å². The Bertz CT molecular complexity index is 929. The first-order valence-corrected chi connectivity index (χ1v) is 8.98. The quantitative estimate of drug-likeness (QED) is 0.588. The van der Waals surface area contributed by atoms with Crippen LogP contribution < -0.4 is 10.1 Å². The third-order valence-corrected chi connectivity index (χ3v) is 5.07. The molecule has 0 saturated carbocycles. The number of nitrogens with one attached hydrogen (secondary N) is 2. The third-order valence-electron chi connectivity index (χ3n) is 3.35. The van der Waals surface area contributed by atoms with Gasteiger partial charge in [0.1, 0.15) is 0 Å². The highest BCUT2D eigenvalue weighted by Crippen LogP contribution is 2.32. The van der Waals surface area contributed by atoms with Crippen molar-refractivity contribution in [2.24, 2.45) is 5.10 Å². The average molecular weight is 407 g/mol. The molecule has 1 aromatic heterocycles. The Hall–Kier alpha value is -2.17. The number of benzene rings is 1. The van der Waals surface area contributed by atoms with E-state index in [-0.39, 0.29) is 15.7 Å². The molecule has 2 rings (SSSR count). The summed E-state index contributed by atoms with van der Waals surface area (Å²) in [6.07, 6.45) is -3.89. The van der Waals surface area contributed by atoms with E-state index in [4.69, 9.17) is 11.6 Å². The highest BCUT2D eigenvalue weighted by Gasteiger charge is 2.31. The first-order chi connectivity index (χ1) is 12.0. The topological polar surface area (TPSA) is 83.5 Å². The monoisotopic (exact) mass is 406 g/mol. The van der Waals surface area contributed by atoms with Gasteiger partial charge < -0.3 is 0 Å². The smallest absolute Gasteiger partial charge is 0.260 e. The highest BCUT2D eigenvalue weighted by atomic mass is 35.5. The second-order valence-corrected chi connectivity index (χ2v) is 7.39. The summed E-state index contributed by atoms with van der Waals surface area (Å²) in [6, 6.07) is 6.66. The molecule has 0 aliphatic carbocycles. The summed E-state index contributed by atoms with van der Waals surface area (Å²) in [5, 5.41) is 3.77. The molecule has 0 bridgehead atoms. The average Bonchev–Trinajstić information content (AvgIpc) is 2.59. The summed E-state index contributed by atoms with van der Waals surface area (Å²) in [5.74, 6) is -0.0339. The summed E-state index contributed by atoms with van der Waals surface area (Å²) in [6.45, 7) is 1.63. The van der Waals surface area contributed by atoms with E-state index in [0.29, 0.717) is 17.5 Å². The van der Waals surface area contributed by atoms with Crippen molar-refractivity contribution >= 4 is 33.2 Å². The lowest BCUT2D eigenvalue weighted by Gasteiger charge is -2.09. The Kier molecular flexibility index (Phi) is 5.89. The standard InChI is InChI=1S/C15H14ClF3N4O2S/c1-9(10-3-5-12(6-4-10)26(24,25)20-2)22-23-14-13(16)7-11(8-21-14)15(17,18)19/h3-8,20H,1-2H3,(H,21,23)/b22-9-. The van der Waals surface area contributed by atoms with Crippen molar-refractivity contribution in [2.45, 2.75) is 18.0 Å². The largest absolute Gasteiger partial charge is 0.417 e. The van der Waals surface area contributed by atoms with Crippen molar-refractivity contribution in [3.05, 3.63) is 52.7 Å². The number of nitrogens with zero attached hydrogens (tertiary/aromatic N) is 2. The van der Waals surface area contributed by atoms with E-state index in [1.165, 1.54) is 19.2 Å². The van der Waals surface area contributed by atoms with Crippen LogP contribution in [0.2, 0.25) is 5.02 Å². The van der Waals surface area contributed by atoms with E-state index < -0.39 is 21.8 Å². The summed E-state index contributed by atoms with van der Waals surface area (Å²) in [5.41, 5.74) is 2.59. The molecule has 1 aromatic carbocycles. The zero-order valence-corrected chi connectivity index (χ0v) is 15.2. The molecule has 2 N–H and O–H groups in total. The lowest BCUT2D eigenvalue weighted by atomic mass is 10.1. The molecule has 0 fully saturated rings. The summed E-state index contributed by atoms with van der Waals surface area (Å²) in [4.78, 5) is 3.70. The van der Waals surface area contributed by atoms with Crippen LogP contribution in [0.1, 0.15) is 18.1 Å². The van der Waals surface area contributed by atoms with Gasteiger partial charge >= 0.3 is 6.18 Å². The highest BCUT2D eigenvalue weighted by molar-refractivity contribution is 7.89. The van der Waals surface area contributed by atoms with Gasteiger partial charge in [0.2, 0.25) is 10.0 Å². The normalized spacial score (nSPS) is 12.9. The maximum atomic E-state index is 12.6. The summed E-state index contributed by atoms with van der Waals surface area (Å²) in [7, 11) is -2.24. The van der Waals surface area contributed by atoms with Crippen LogP contribution in [0.4, 0.5) is 19.0 Å². The number of alkyl halides is 3. The molecule has 2 aromatic rings. The summed E-state index contributed by atoms with van der Waals surface area (Å²) < 4.78 is 63.3. The van der Waals surface area contributed by atoms with Crippen LogP contribution in [0.3, 0.4) is 0 Å². The van der Waals surface area contributed by atoms with E-state index in [0.717, 1.165) is 6.07 Å². The second kappa shape index (κ2) is 7.60. The van der Waals surface area contributed by atoms with Gasteiger partial charge in [-0.1, -0.05) is 23.7 Å². The predicted molar refractivity (Wildman–Crippen MR) is 92.8 cm³/mol. The fourth-order valence-corrected chi connectivity index (χ4v) is 2.81. The van der Waals surface area contributed by atoms with Crippen LogP contribution in [0.25, 0.3) is 0 Å². The number of halogens is 4. The minimum atomic E-state index is -4.54. The Morgan fingerprint density at radius 2 is 1.85 bits per heavy atom. The van der Waals surface area contributed by atoms with Gasteiger partial charge in [-0.05, 0) is 37.7 Å². The Morgan fingerprint density at radius 3 is 2.35 bits per heavy atom. The van der Waals surface area contributed by atoms with Crippen LogP contribution in [0.15, 0.2) is 46.5 Å². The van der Waals surface area contributed by atoms with Crippen LogP contribution in [-0.4, -0.2) is 26.2 Å². The Labute approximate surface area is 153 Å². The number of sulfonamides is 1. The molecule has 11 heteroatoms. The van der Waals surface area contributed by atoms with Gasteiger partial charge in [-0.25, -0.2) is 18.1 Å². The van der Waals surface area contributed by atoms with Crippen molar-refractivity contribution in [3.8, 4) is 0 Å². The molecule has 0 aliphatic heterocycles. The van der Waals surface area contributed by atoms with Gasteiger partial charge in [0, 0.05) is 6.20 Å². The predicted octanol–water partition coefficient (Wildman–Crippen LogP) is 3.50. The molecule has 6 nitrogen and oxygen atoms in total. The van der Waals surface area contributed by atoms with Crippen molar-refractivity contribution < 1.29 is 21.6 Å². The molecule has 0 spiro atoms. The zero-order valence-electron chi connectivity index (χ0n) is 13.6. The lowest BCUT2D eigenvalue weighted by molar-refractivity contribution is -0.137. The molecule has 0 amide bonds. The van der Waals surface area contributed by atoms with Gasteiger partial charge in [0.25, 0.3) is 0 Å². The van der Waals surface area contributed by atoms with Crippen molar-refractivity contribution in [2.75, 3.05) is 12.5 Å². The number of rotatable bonds is 5. The molecule has 26 heavy (non-hydrogen) atoms. The number of hydrogen-bond acceptors (Lipinski definition) is 5. The molecule has 0 atom stereocenters. The van der Waals surface area contributed by atoms with E-state index in [9.17, 15) is 21.6 Å². The van der Waals surface area contributed by atoms with Gasteiger partial charge in [-0.2, -0.15) is 18.3 Å². The van der Waals surface area contributed by atoms with Crippen molar-refractivity contribution in [1.82, 2.24) is 9.71 Å². The van der Waals surface area contributed by atoms with E-state index in [1.807, 2.05) is 0 Å². The van der Waals surface area contributed by atoms with Crippen LogP contribution in [-0.2, 0) is 16.2 Å². The zero-order chi connectivity index (χ0) is 19.5. The van der Waals surface area contributed by atoms with Crippen LogP contribution in [0.5, 0.6) is 0 Å². The number of hydrazone groups is 1. The molecule has 1 heterocycles.